The lowest BCUT2D eigenvalue weighted by Gasteiger charge is -2.21. The largest absolute Gasteiger partial charge is 0.416 e. The molecule has 0 spiro atoms. The number of nitrogens with one attached hydrogen (secondary N) is 1. The minimum atomic E-state index is -4.54. The second kappa shape index (κ2) is 6.60. The van der Waals surface area contributed by atoms with Crippen LogP contribution in [0.5, 0.6) is 0 Å². The lowest BCUT2D eigenvalue weighted by Crippen LogP contribution is -2.35. The third-order valence-corrected chi connectivity index (χ3v) is 2.76. The summed E-state index contributed by atoms with van der Waals surface area (Å²) in [5.41, 5.74) is -0.811. The van der Waals surface area contributed by atoms with Crippen LogP contribution in [0, 0.1) is 0 Å². The van der Waals surface area contributed by atoms with Crippen molar-refractivity contribution in [3.63, 3.8) is 0 Å². The Hall–Kier alpha value is -1.76. The molecule has 1 aromatic rings. The summed E-state index contributed by atoms with van der Waals surface area (Å²) in [6.07, 6.45) is -4.54. The Labute approximate surface area is 115 Å². The zero-order chi connectivity index (χ0) is 15.3. The molecule has 7 heteroatoms. The number of likely N-dealkylation sites (N-methyl/N-ethyl adjacent to an activating group) is 2. The van der Waals surface area contributed by atoms with Gasteiger partial charge in [-0.05, 0) is 24.6 Å². The fraction of sp³-hybridized carbons (Fsp3) is 0.462. The highest BCUT2D eigenvalue weighted by Gasteiger charge is 2.33. The monoisotopic (exact) mass is 290 g/mol. The zero-order valence-corrected chi connectivity index (χ0v) is 11.3. The van der Waals surface area contributed by atoms with Crippen molar-refractivity contribution in [1.82, 2.24) is 5.32 Å². The van der Waals surface area contributed by atoms with Crippen LogP contribution in [-0.2, 0) is 17.6 Å². The first kappa shape index (κ1) is 16.3. The fourth-order valence-corrected chi connectivity index (χ4v) is 1.76. The molecule has 20 heavy (non-hydrogen) atoms. The lowest BCUT2D eigenvalue weighted by atomic mass is 10.1. The third-order valence-electron chi connectivity index (χ3n) is 2.76. The van der Waals surface area contributed by atoms with E-state index in [0.29, 0.717) is 6.54 Å². The van der Waals surface area contributed by atoms with E-state index in [1.165, 1.54) is 24.1 Å². The summed E-state index contributed by atoms with van der Waals surface area (Å²) in [6, 6.07) is 3.59. The molecule has 4 nitrogen and oxygen atoms in total. The Morgan fingerprint density at radius 3 is 2.55 bits per heavy atom. The van der Waals surface area contributed by atoms with Crippen molar-refractivity contribution >= 4 is 11.6 Å². The maximum absolute atomic E-state index is 12.9. The molecule has 0 aliphatic heterocycles. The van der Waals surface area contributed by atoms with Crippen molar-refractivity contribution in [2.75, 3.05) is 25.0 Å². The van der Waals surface area contributed by atoms with Gasteiger partial charge in [-0.3, -0.25) is 4.79 Å². The molecule has 0 radical (unpaired) electrons. The molecule has 112 valence electrons. The van der Waals surface area contributed by atoms with Gasteiger partial charge in [-0.15, -0.1) is 0 Å². The van der Waals surface area contributed by atoms with Crippen LogP contribution in [-0.4, -0.2) is 31.2 Å². The smallest absolute Gasteiger partial charge is 0.392 e. The van der Waals surface area contributed by atoms with E-state index in [1.807, 2.05) is 0 Å². The molecule has 0 atom stereocenters. The first-order chi connectivity index (χ1) is 9.29. The molecule has 0 aromatic heterocycles. The van der Waals surface area contributed by atoms with Crippen LogP contribution in [0.25, 0.3) is 0 Å². The van der Waals surface area contributed by atoms with Gasteiger partial charge in [0.1, 0.15) is 0 Å². The van der Waals surface area contributed by atoms with Gasteiger partial charge in [0.15, 0.2) is 0 Å². The third kappa shape index (κ3) is 4.12. The van der Waals surface area contributed by atoms with Crippen LogP contribution in [0.3, 0.4) is 0 Å². The number of alkyl halides is 3. The number of rotatable bonds is 5. The van der Waals surface area contributed by atoms with Gasteiger partial charge < -0.3 is 15.3 Å². The Kier molecular flexibility index (Phi) is 5.38. The van der Waals surface area contributed by atoms with Crippen LogP contribution in [0.1, 0.15) is 18.1 Å². The Bertz CT molecular complexity index is 475. The molecule has 0 unspecified atom stereocenters. The number of anilines is 1. The van der Waals surface area contributed by atoms with Gasteiger partial charge in [-0.25, -0.2) is 0 Å². The summed E-state index contributed by atoms with van der Waals surface area (Å²) in [4.78, 5) is 12.8. The summed E-state index contributed by atoms with van der Waals surface area (Å²) in [6.45, 7) is 1.50. The predicted molar refractivity (Wildman–Crippen MR) is 69.3 cm³/mol. The number of aliphatic hydroxyl groups excluding tert-OH is 1. The Morgan fingerprint density at radius 1 is 1.40 bits per heavy atom. The van der Waals surface area contributed by atoms with Gasteiger partial charge >= 0.3 is 6.18 Å². The molecule has 0 aliphatic rings. The van der Waals surface area contributed by atoms with Crippen molar-refractivity contribution in [1.29, 1.82) is 0 Å². The van der Waals surface area contributed by atoms with Crippen molar-refractivity contribution in [2.45, 2.75) is 19.7 Å². The summed E-state index contributed by atoms with van der Waals surface area (Å²) >= 11 is 0. The van der Waals surface area contributed by atoms with E-state index in [9.17, 15) is 18.0 Å². The van der Waals surface area contributed by atoms with Crippen molar-refractivity contribution in [3.8, 4) is 0 Å². The zero-order valence-electron chi connectivity index (χ0n) is 11.3. The normalized spacial score (nSPS) is 11.3. The summed E-state index contributed by atoms with van der Waals surface area (Å²) in [5, 5.41) is 11.5. The number of benzene rings is 1. The first-order valence-corrected chi connectivity index (χ1v) is 6.08. The molecule has 0 aliphatic carbocycles. The number of nitrogens with zero attached hydrogens (tertiary/aromatic N) is 1. The number of hydrogen-bond acceptors (Lipinski definition) is 3. The summed E-state index contributed by atoms with van der Waals surface area (Å²) in [7, 11) is 1.53. The molecule has 0 saturated heterocycles. The lowest BCUT2D eigenvalue weighted by molar-refractivity contribution is -0.138. The van der Waals surface area contributed by atoms with Crippen molar-refractivity contribution in [3.05, 3.63) is 29.3 Å². The Morgan fingerprint density at radius 2 is 2.05 bits per heavy atom. The molecular weight excluding hydrogens is 273 g/mol. The highest BCUT2D eigenvalue weighted by molar-refractivity contribution is 5.81. The van der Waals surface area contributed by atoms with Gasteiger partial charge in [0.25, 0.3) is 0 Å². The average Bonchev–Trinajstić information content (AvgIpc) is 2.37. The number of halogens is 3. The SMILES string of the molecule is CCNC(=O)CN(C)c1ccc(CO)c(C(F)(F)F)c1. The number of hydrogen-bond donors (Lipinski definition) is 2. The topological polar surface area (TPSA) is 52.6 Å². The second-order valence-corrected chi connectivity index (χ2v) is 4.31. The molecule has 0 bridgehead atoms. The van der Waals surface area contributed by atoms with E-state index in [2.05, 4.69) is 5.32 Å². The maximum Gasteiger partial charge on any atom is 0.416 e. The minimum absolute atomic E-state index is 0.0381. The van der Waals surface area contributed by atoms with E-state index >= 15 is 0 Å². The highest BCUT2D eigenvalue weighted by atomic mass is 19.4. The second-order valence-electron chi connectivity index (χ2n) is 4.31. The van der Waals surface area contributed by atoms with Gasteiger partial charge in [0.2, 0.25) is 5.91 Å². The first-order valence-electron chi connectivity index (χ1n) is 6.08. The highest BCUT2D eigenvalue weighted by Crippen LogP contribution is 2.34. The number of aliphatic hydroxyl groups is 1. The maximum atomic E-state index is 12.9. The molecule has 0 fully saturated rings. The standard InChI is InChI=1S/C13H17F3N2O2/c1-3-17-12(20)7-18(2)10-5-4-9(8-19)11(6-10)13(14,15)16/h4-6,19H,3,7-8H2,1-2H3,(H,17,20). The van der Waals surface area contributed by atoms with E-state index < -0.39 is 18.3 Å². The van der Waals surface area contributed by atoms with Crippen LogP contribution < -0.4 is 10.2 Å². The van der Waals surface area contributed by atoms with E-state index in [-0.39, 0.29) is 23.7 Å². The van der Waals surface area contributed by atoms with Crippen LogP contribution >= 0.6 is 0 Å². The Balaban J connectivity index is 2.99. The number of amides is 1. The minimum Gasteiger partial charge on any atom is -0.392 e. The van der Waals surface area contributed by atoms with Crippen molar-refractivity contribution < 1.29 is 23.1 Å². The van der Waals surface area contributed by atoms with E-state index in [0.717, 1.165) is 6.07 Å². The molecule has 1 aromatic carbocycles. The fourth-order valence-electron chi connectivity index (χ4n) is 1.76. The molecule has 2 N–H and O–H groups in total. The van der Waals surface area contributed by atoms with E-state index in [1.54, 1.807) is 6.92 Å². The van der Waals surface area contributed by atoms with Gasteiger partial charge in [-0.2, -0.15) is 13.2 Å². The molecule has 1 amide bonds. The molecule has 1 rings (SSSR count). The van der Waals surface area contributed by atoms with Crippen LogP contribution in [0.2, 0.25) is 0 Å². The molecular formula is C13H17F3N2O2. The quantitative estimate of drug-likeness (QED) is 0.869. The summed E-state index contributed by atoms with van der Waals surface area (Å²) in [5.74, 6) is -0.269. The number of carbonyl (C=O) groups is 1. The van der Waals surface area contributed by atoms with Crippen LogP contribution in [0.15, 0.2) is 18.2 Å². The molecule has 0 saturated carbocycles. The number of carbonyl (C=O) groups excluding carboxylic acids is 1. The predicted octanol–water partition coefficient (Wildman–Crippen LogP) is 1.77. The van der Waals surface area contributed by atoms with Gasteiger partial charge in [0, 0.05) is 19.3 Å². The van der Waals surface area contributed by atoms with Crippen LogP contribution in [0.4, 0.5) is 18.9 Å². The van der Waals surface area contributed by atoms with E-state index in [4.69, 9.17) is 5.11 Å². The summed E-state index contributed by atoms with van der Waals surface area (Å²) < 4.78 is 38.6. The average molecular weight is 290 g/mol. The van der Waals surface area contributed by atoms with Gasteiger partial charge in [-0.1, -0.05) is 6.07 Å². The van der Waals surface area contributed by atoms with Gasteiger partial charge in [0.05, 0.1) is 18.7 Å². The van der Waals surface area contributed by atoms with Crippen molar-refractivity contribution in [2.24, 2.45) is 0 Å². The molecule has 0 heterocycles.